The highest BCUT2D eigenvalue weighted by atomic mass is 16.2. The van der Waals surface area contributed by atoms with Crippen LogP contribution in [-0.2, 0) is 0 Å². The van der Waals surface area contributed by atoms with Gasteiger partial charge in [0.1, 0.15) is 0 Å². The van der Waals surface area contributed by atoms with Gasteiger partial charge in [-0.1, -0.05) is 30.3 Å². The van der Waals surface area contributed by atoms with Crippen molar-refractivity contribution in [2.75, 3.05) is 13.1 Å². The second kappa shape index (κ2) is 5.93. The van der Waals surface area contributed by atoms with Crippen LogP contribution in [-0.4, -0.2) is 49.5 Å². The van der Waals surface area contributed by atoms with Crippen LogP contribution in [0.2, 0.25) is 0 Å². The minimum absolute atomic E-state index is 0.0921. The molecule has 0 saturated carbocycles. The van der Waals surface area contributed by atoms with Gasteiger partial charge in [0.25, 0.3) is 11.7 Å². The summed E-state index contributed by atoms with van der Waals surface area (Å²) in [6, 6.07) is 11.9. The Bertz CT molecular complexity index is 935. The summed E-state index contributed by atoms with van der Waals surface area (Å²) in [5.41, 5.74) is 9.19. The number of rotatable bonds is 2. The van der Waals surface area contributed by atoms with Crippen molar-refractivity contribution >= 4 is 11.7 Å². The molecule has 2 aromatic heterocycles. The first-order chi connectivity index (χ1) is 12.0. The van der Waals surface area contributed by atoms with Crippen LogP contribution >= 0.6 is 0 Å². The van der Waals surface area contributed by atoms with Gasteiger partial charge in [-0.2, -0.15) is 4.98 Å². The zero-order valence-corrected chi connectivity index (χ0v) is 14.3. The topological polar surface area (TPSA) is 89.4 Å². The molecular weight excluding hydrogens is 316 g/mol. The number of aryl methyl sites for hydroxylation is 2. The van der Waals surface area contributed by atoms with E-state index in [1.54, 1.807) is 9.42 Å². The Morgan fingerprint density at radius 2 is 1.92 bits per heavy atom. The Morgan fingerprint density at radius 3 is 2.68 bits per heavy atom. The largest absolute Gasteiger partial charge is 0.334 e. The van der Waals surface area contributed by atoms with Crippen molar-refractivity contribution in [1.29, 1.82) is 0 Å². The molecule has 0 aliphatic carbocycles. The van der Waals surface area contributed by atoms with E-state index in [4.69, 9.17) is 5.73 Å². The summed E-state index contributed by atoms with van der Waals surface area (Å²) in [6.07, 6.45) is 0. The van der Waals surface area contributed by atoms with Gasteiger partial charge < -0.3 is 10.6 Å². The van der Waals surface area contributed by atoms with Gasteiger partial charge in [0.05, 0.1) is 0 Å². The number of amides is 1. The average Bonchev–Trinajstić information content (AvgIpc) is 3.19. The molecule has 2 atom stereocenters. The van der Waals surface area contributed by atoms with E-state index >= 15 is 0 Å². The molecule has 4 rings (SSSR count). The van der Waals surface area contributed by atoms with Gasteiger partial charge in [0.15, 0.2) is 0 Å². The van der Waals surface area contributed by atoms with Crippen molar-refractivity contribution in [3.05, 3.63) is 59.2 Å². The van der Waals surface area contributed by atoms with Crippen LogP contribution < -0.4 is 5.73 Å². The summed E-state index contributed by atoms with van der Waals surface area (Å²) < 4.78 is 1.60. The molecule has 0 radical (unpaired) electrons. The molecule has 7 heteroatoms. The Kier molecular flexibility index (Phi) is 3.73. The van der Waals surface area contributed by atoms with E-state index in [1.807, 2.05) is 38.1 Å². The van der Waals surface area contributed by atoms with Crippen LogP contribution in [0.25, 0.3) is 5.78 Å². The smallest absolute Gasteiger partial charge is 0.293 e. The second-order valence-corrected chi connectivity index (χ2v) is 6.58. The molecule has 7 nitrogen and oxygen atoms in total. The van der Waals surface area contributed by atoms with Gasteiger partial charge in [-0.05, 0) is 25.5 Å². The first kappa shape index (κ1) is 15.7. The van der Waals surface area contributed by atoms with Gasteiger partial charge in [0, 0.05) is 36.4 Å². The summed E-state index contributed by atoms with van der Waals surface area (Å²) >= 11 is 0. The Hall–Kier alpha value is -2.80. The van der Waals surface area contributed by atoms with Crippen LogP contribution in [0.4, 0.5) is 0 Å². The number of aromatic nitrogens is 4. The van der Waals surface area contributed by atoms with Crippen LogP contribution in [0.5, 0.6) is 0 Å². The number of benzene rings is 1. The lowest BCUT2D eigenvalue weighted by Crippen LogP contribution is -2.32. The van der Waals surface area contributed by atoms with Gasteiger partial charge in [-0.25, -0.2) is 9.50 Å². The first-order valence-electron chi connectivity index (χ1n) is 8.34. The molecule has 1 saturated heterocycles. The monoisotopic (exact) mass is 336 g/mol. The van der Waals surface area contributed by atoms with E-state index in [0.717, 1.165) is 17.0 Å². The number of nitrogens with two attached hydrogens (primary N) is 1. The Labute approximate surface area is 145 Å². The van der Waals surface area contributed by atoms with Gasteiger partial charge in [-0.3, -0.25) is 4.79 Å². The number of hydrogen-bond acceptors (Lipinski definition) is 5. The molecule has 1 aromatic carbocycles. The second-order valence-electron chi connectivity index (χ2n) is 6.58. The maximum absolute atomic E-state index is 12.8. The maximum atomic E-state index is 12.8. The molecule has 1 amide bonds. The van der Waals surface area contributed by atoms with Crippen molar-refractivity contribution in [1.82, 2.24) is 24.5 Å². The third kappa shape index (κ3) is 2.76. The molecule has 3 heterocycles. The fraction of sp³-hybridized carbons (Fsp3) is 0.333. The highest BCUT2D eigenvalue weighted by molar-refractivity contribution is 5.91. The number of carbonyl (C=O) groups is 1. The predicted octanol–water partition coefficient (Wildman–Crippen LogP) is 1.31. The van der Waals surface area contributed by atoms with Crippen molar-refractivity contribution < 1.29 is 4.79 Å². The minimum Gasteiger partial charge on any atom is -0.334 e. The molecule has 1 aliphatic rings. The van der Waals surface area contributed by atoms with Crippen LogP contribution in [0.3, 0.4) is 0 Å². The Balaban J connectivity index is 1.60. The molecule has 25 heavy (non-hydrogen) atoms. The number of hydrogen-bond donors (Lipinski definition) is 1. The molecular formula is C18H20N6O. The van der Waals surface area contributed by atoms with E-state index in [9.17, 15) is 4.79 Å². The molecule has 0 unspecified atom stereocenters. The van der Waals surface area contributed by atoms with Crippen LogP contribution in [0.1, 0.15) is 33.5 Å². The van der Waals surface area contributed by atoms with Crippen LogP contribution in [0.15, 0.2) is 36.4 Å². The van der Waals surface area contributed by atoms with E-state index in [1.165, 1.54) is 0 Å². The average molecular weight is 336 g/mol. The van der Waals surface area contributed by atoms with E-state index in [2.05, 4.69) is 27.2 Å². The highest BCUT2D eigenvalue weighted by Gasteiger charge is 2.35. The normalized spacial score (nSPS) is 20.4. The summed E-state index contributed by atoms with van der Waals surface area (Å²) in [7, 11) is 0. The summed E-state index contributed by atoms with van der Waals surface area (Å²) in [4.78, 5) is 23.2. The molecule has 3 aromatic rings. The molecule has 128 valence electrons. The van der Waals surface area contributed by atoms with Crippen molar-refractivity contribution in [3.8, 4) is 0 Å². The predicted molar refractivity (Wildman–Crippen MR) is 93.3 cm³/mol. The third-order valence-corrected chi connectivity index (χ3v) is 4.69. The van der Waals surface area contributed by atoms with Crippen molar-refractivity contribution in [3.63, 3.8) is 0 Å². The van der Waals surface area contributed by atoms with Crippen LogP contribution in [0, 0.1) is 13.8 Å². The van der Waals surface area contributed by atoms with Gasteiger partial charge in [0.2, 0.25) is 5.82 Å². The van der Waals surface area contributed by atoms with E-state index in [0.29, 0.717) is 18.9 Å². The number of likely N-dealkylation sites (tertiary alicyclic amines) is 1. The lowest BCUT2D eigenvalue weighted by molar-refractivity contribution is 0.0777. The van der Waals surface area contributed by atoms with Gasteiger partial charge >= 0.3 is 0 Å². The SMILES string of the molecule is Cc1cc(C)n2nc(C(=O)N3C[C@@H](N)[C@H](c4ccccc4)C3)nc2n1. The zero-order valence-electron chi connectivity index (χ0n) is 14.3. The van der Waals surface area contributed by atoms with Gasteiger partial charge in [-0.15, -0.1) is 5.10 Å². The quantitative estimate of drug-likeness (QED) is 0.762. The number of nitrogens with zero attached hydrogens (tertiary/aromatic N) is 5. The zero-order chi connectivity index (χ0) is 17.6. The summed E-state index contributed by atoms with van der Waals surface area (Å²) in [6.45, 7) is 4.89. The van der Waals surface area contributed by atoms with E-state index < -0.39 is 0 Å². The lowest BCUT2D eigenvalue weighted by Gasteiger charge is -2.14. The summed E-state index contributed by atoms with van der Waals surface area (Å²) in [5.74, 6) is 0.548. The standard InChI is InChI=1S/C18H20N6O/c1-11-8-12(2)24-18(20-11)21-16(22-24)17(25)23-9-14(15(19)10-23)13-6-4-3-5-7-13/h3-8,14-15H,9-10,19H2,1-2H3/t14-,15+/m0/s1. The highest BCUT2D eigenvalue weighted by Crippen LogP contribution is 2.27. The fourth-order valence-electron chi connectivity index (χ4n) is 3.45. The lowest BCUT2D eigenvalue weighted by atomic mass is 9.95. The molecule has 1 fully saturated rings. The Morgan fingerprint density at radius 1 is 1.16 bits per heavy atom. The first-order valence-corrected chi connectivity index (χ1v) is 8.34. The minimum atomic E-state index is -0.198. The maximum Gasteiger partial charge on any atom is 0.293 e. The molecule has 2 N–H and O–H groups in total. The fourth-order valence-corrected chi connectivity index (χ4v) is 3.45. The summed E-state index contributed by atoms with van der Waals surface area (Å²) in [5, 5.41) is 4.33. The number of fused-ring (bicyclic) bond motifs is 1. The molecule has 0 spiro atoms. The van der Waals surface area contributed by atoms with Crippen molar-refractivity contribution in [2.24, 2.45) is 5.73 Å². The number of carbonyl (C=O) groups excluding carboxylic acids is 1. The van der Waals surface area contributed by atoms with Crippen molar-refractivity contribution in [2.45, 2.75) is 25.8 Å². The molecule has 0 bridgehead atoms. The van der Waals surface area contributed by atoms with E-state index in [-0.39, 0.29) is 23.7 Å². The molecule has 1 aliphatic heterocycles. The third-order valence-electron chi connectivity index (χ3n) is 4.69.